The summed E-state index contributed by atoms with van der Waals surface area (Å²) in [6.07, 6.45) is 3.87. The van der Waals surface area contributed by atoms with Crippen LogP contribution in [0.4, 0.5) is 5.82 Å². The fraction of sp³-hybridized carbons (Fsp3) is 0.667. The fourth-order valence-corrected chi connectivity index (χ4v) is 4.19. The van der Waals surface area contributed by atoms with E-state index in [4.69, 9.17) is 0 Å². The number of aromatic nitrogens is 1. The molecular weight excluding hydrogens is 364 g/mol. The van der Waals surface area contributed by atoms with Gasteiger partial charge >= 0.3 is 0 Å². The third-order valence-corrected chi connectivity index (χ3v) is 6.26. The van der Waals surface area contributed by atoms with E-state index in [0.29, 0.717) is 38.7 Å². The van der Waals surface area contributed by atoms with Crippen LogP contribution in [0.3, 0.4) is 0 Å². The molecule has 0 spiro atoms. The van der Waals surface area contributed by atoms with E-state index >= 15 is 0 Å². The lowest BCUT2D eigenvalue weighted by molar-refractivity contribution is 0.384. The molecule has 0 radical (unpaired) electrons. The van der Waals surface area contributed by atoms with E-state index in [-0.39, 0.29) is 5.75 Å². The van der Waals surface area contributed by atoms with E-state index in [1.54, 1.807) is 10.5 Å². The van der Waals surface area contributed by atoms with Crippen LogP contribution in [-0.4, -0.2) is 75.2 Å². The largest absolute Gasteiger partial charge is 0.357 e. The zero-order valence-electron chi connectivity index (χ0n) is 16.4. The van der Waals surface area contributed by atoms with E-state index < -0.39 is 10.0 Å². The Labute approximate surface area is 163 Å². The predicted molar refractivity (Wildman–Crippen MR) is 111 cm³/mol. The summed E-state index contributed by atoms with van der Waals surface area (Å²) in [6.45, 7) is 8.25. The summed E-state index contributed by atoms with van der Waals surface area (Å²) in [6, 6.07) is 5.78. The molecule has 0 aliphatic carbocycles. The van der Waals surface area contributed by atoms with Crippen LogP contribution in [0, 0.1) is 0 Å². The average Bonchev–Trinajstić information content (AvgIpc) is 2.69. The van der Waals surface area contributed by atoms with E-state index in [0.717, 1.165) is 31.7 Å². The first-order chi connectivity index (χ1) is 13.1. The maximum Gasteiger partial charge on any atom is 0.215 e. The number of anilines is 1. The summed E-state index contributed by atoms with van der Waals surface area (Å²) < 4.78 is 26.8. The number of piperazine rings is 1. The number of sulfonamides is 1. The summed E-state index contributed by atoms with van der Waals surface area (Å²) in [5.41, 5.74) is 0. The van der Waals surface area contributed by atoms with Crippen molar-refractivity contribution in [3.8, 4) is 0 Å². The third kappa shape index (κ3) is 6.99. The standard InChI is InChI=1S/C18H32N6O2S/c1-3-5-9-21-18(19-4-2)22-11-16-27(25,26)24-14-12-23(13-15-24)17-8-6-7-10-20-17/h6-8,10H,3-5,9,11-16H2,1-2H3,(H2,19,21,22). The lowest BCUT2D eigenvalue weighted by atomic mass is 10.3. The van der Waals surface area contributed by atoms with Gasteiger partial charge in [-0.2, -0.15) is 4.31 Å². The Bertz CT molecular complexity index is 672. The molecule has 0 aromatic carbocycles. The van der Waals surface area contributed by atoms with Crippen molar-refractivity contribution in [3.63, 3.8) is 0 Å². The highest BCUT2D eigenvalue weighted by molar-refractivity contribution is 7.89. The van der Waals surface area contributed by atoms with Crippen molar-refractivity contribution in [1.82, 2.24) is 19.9 Å². The molecule has 2 rings (SSSR count). The maximum absolute atomic E-state index is 12.6. The van der Waals surface area contributed by atoms with E-state index in [9.17, 15) is 8.42 Å². The molecule has 0 bridgehead atoms. The number of guanidine groups is 1. The lowest BCUT2D eigenvalue weighted by Crippen LogP contribution is -2.50. The molecular formula is C18H32N6O2S. The summed E-state index contributed by atoms with van der Waals surface area (Å²) >= 11 is 0. The van der Waals surface area contributed by atoms with Gasteiger partial charge in [-0.15, -0.1) is 0 Å². The van der Waals surface area contributed by atoms with E-state index in [2.05, 4.69) is 32.4 Å². The molecule has 0 saturated carbocycles. The van der Waals surface area contributed by atoms with Crippen molar-refractivity contribution in [2.45, 2.75) is 26.7 Å². The molecule has 8 nitrogen and oxygen atoms in total. The molecule has 1 fully saturated rings. The van der Waals surface area contributed by atoms with Crippen molar-refractivity contribution < 1.29 is 8.42 Å². The summed E-state index contributed by atoms with van der Waals surface area (Å²) in [5, 5.41) is 6.27. The Balaban J connectivity index is 1.80. The van der Waals surface area contributed by atoms with Crippen LogP contribution in [0.1, 0.15) is 26.7 Å². The van der Waals surface area contributed by atoms with Gasteiger partial charge in [0.25, 0.3) is 0 Å². The molecule has 0 unspecified atom stereocenters. The Hall–Kier alpha value is -1.87. The van der Waals surface area contributed by atoms with Gasteiger partial charge in [-0.3, -0.25) is 4.99 Å². The van der Waals surface area contributed by atoms with Gasteiger partial charge in [0.15, 0.2) is 5.96 Å². The first-order valence-electron chi connectivity index (χ1n) is 9.72. The van der Waals surface area contributed by atoms with Gasteiger partial charge in [0, 0.05) is 52.0 Å². The topological polar surface area (TPSA) is 89.9 Å². The van der Waals surface area contributed by atoms with Crippen molar-refractivity contribution in [2.24, 2.45) is 4.99 Å². The minimum Gasteiger partial charge on any atom is -0.357 e. The zero-order valence-corrected chi connectivity index (χ0v) is 17.2. The van der Waals surface area contributed by atoms with Gasteiger partial charge in [-0.05, 0) is 25.5 Å². The van der Waals surface area contributed by atoms with Crippen LogP contribution in [0.2, 0.25) is 0 Å². The molecule has 1 aromatic rings. The molecule has 1 aromatic heterocycles. The molecule has 1 saturated heterocycles. The first-order valence-corrected chi connectivity index (χ1v) is 11.3. The van der Waals surface area contributed by atoms with E-state index in [1.165, 1.54) is 0 Å². The Morgan fingerprint density at radius 1 is 1.19 bits per heavy atom. The second kappa shape index (κ2) is 11.1. The highest BCUT2D eigenvalue weighted by Gasteiger charge is 2.27. The number of unbranched alkanes of at least 4 members (excludes halogenated alkanes) is 1. The smallest absolute Gasteiger partial charge is 0.215 e. The lowest BCUT2D eigenvalue weighted by Gasteiger charge is -2.34. The molecule has 2 N–H and O–H groups in total. The summed E-state index contributed by atoms with van der Waals surface area (Å²) in [4.78, 5) is 10.9. The molecule has 0 atom stereocenters. The highest BCUT2D eigenvalue weighted by atomic mass is 32.2. The normalized spacial score (nSPS) is 16.4. The molecule has 1 aliphatic rings. The van der Waals surface area contributed by atoms with Gasteiger partial charge in [0.1, 0.15) is 5.82 Å². The predicted octanol–water partition coefficient (Wildman–Crippen LogP) is 0.889. The number of pyridine rings is 1. The van der Waals surface area contributed by atoms with Crippen molar-refractivity contribution in [1.29, 1.82) is 0 Å². The van der Waals surface area contributed by atoms with Crippen molar-refractivity contribution in [3.05, 3.63) is 24.4 Å². The second-order valence-corrected chi connectivity index (χ2v) is 8.52. The van der Waals surface area contributed by atoms with Crippen LogP contribution in [0.15, 0.2) is 29.4 Å². The van der Waals surface area contributed by atoms with E-state index in [1.807, 2.05) is 25.1 Å². The molecule has 9 heteroatoms. The molecule has 152 valence electrons. The number of rotatable bonds is 9. The van der Waals surface area contributed by atoms with Crippen LogP contribution >= 0.6 is 0 Å². The number of aliphatic imine (C=N–C) groups is 1. The fourth-order valence-electron chi connectivity index (χ4n) is 2.85. The van der Waals surface area contributed by atoms with Crippen LogP contribution < -0.4 is 15.5 Å². The molecule has 0 amide bonds. The van der Waals surface area contributed by atoms with Gasteiger partial charge < -0.3 is 15.5 Å². The minimum atomic E-state index is -3.28. The van der Waals surface area contributed by atoms with Crippen LogP contribution in [0.5, 0.6) is 0 Å². The second-order valence-electron chi connectivity index (χ2n) is 6.43. The number of nitrogens with zero attached hydrogens (tertiary/aromatic N) is 4. The van der Waals surface area contributed by atoms with Crippen LogP contribution in [-0.2, 0) is 10.0 Å². The third-order valence-electron chi connectivity index (χ3n) is 4.38. The quantitative estimate of drug-likeness (QED) is 0.366. The molecule has 1 aliphatic heterocycles. The first kappa shape index (κ1) is 21.4. The average molecular weight is 397 g/mol. The maximum atomic E-state index is 12.6. The highest BCUT2D eigenvalue weighted by Crippen LogP contribution is 2.14. The monoisotopic (exact) mass is 396 g/mol. The van der Waals surface area contributed by atoms with Crippen molar-refractivity contribution in [2.75, 3.05) is 56.5 Å². The van der Waals surface area contributed by atoms with Gasteiger partial charge in [-0.1, -0.05) is 19.4 Å². The Kier molecular flexibility index (Phi) is 8.80. The van der Waals surface area contributed by atoms with Crippen molar-refractivity contribution >= 4 is 21.8 Å². The Morgan fingerprint density at radius 2 is 1.96 bits per heavy atom. The molecule has 2 heterocycles. The molecule has 27 heavy (non-hydrogen) atoms. The zero-order chi connectivity index (χ0) is 19.5. The minimum absolute atomic E-state index is 0.0643. The summed E-state index contributed by atoms with van der Waals surface area (Å²) in [7, 11) is -3.28. The van der Waals surface area contributed by atoms with Crippen LogP contribution in [0.25, 0.3) is 0 Å². The number of nitrogens with one attached hydrogen (secondary N) is 2. The summed E-state index contributed by atoms with van der Waals surface area (Å²) in [5.74, 6) is 1.64. The Morgan fingerprint density at radius 3 is 2.59 bits per heavy atom. The SMILES string of the molecule is CCCCN=C(NCC)NCCS(=O)(=O)N1CCN(c2ccccn2)CC1. The number of hydrogen-bond acceptors (Lipinski definition) is 5. The van der Waals surface area contributed by atoms with Gasteiger partial charge in [0.2, 0.25) is 10.0 Å². The van der Waals surface area contributed by atoms with Gasteiger partial charge in [-0.25, -0.2) is 13.4 Å². The van der Waals surface area contributed by atoms with Gasteiger partial charge in [0.05, 0.1) is 5.75 Å². The number of hydrogen-bond donors (Lipinski definition) is 2.